The Labute approximate surface area is 164 Å². The summed E-state index contributed by atoms with van der Waals surface area (Å²) >= 11 is 13.8. The molecule has 4 rings (SSSR count). The highest BCUT2D eigenvalue weighted by Crippen LogP contribution is 2.74. The molecule has 2 atom stereocenters. The van der Waals surface area contributed by atoms with E-state index in [1.807, 2.05) is 42.5 Å². The summed E-state index contributed by atoms with van der Waals surface area (Å²) in [5.41, 5.74) is 2.64. The summed E-state index contributed by atoms with van der Waals surface area (Å²) in [5.74, 6) is -0.0666. The largest absolute Gasteiger partial charge is 0.370 e. The maximum absolute atomic E-state index is 6.90. The van der Waals surface area contributed by atoms with Crippen molar-refractivity contribution in [1.82, 2.24) is 0 Å². The number of alkyl halides is 2. The predicted molar refractivity (Wildman–Crippen MR) is 108 cm³/mol. The van der Waals surface area contributed by atoms with Crippen LogP contribution in [0.3, 0.4) is 0 Å². The average Bonchev–Trinajstić information content (AvgIpc) is 3.20. The molecule has 0 aromatic heterocycles. The Kier molecular flexibility index (Phi) is 4.56. The van der Waals surface area contributed by atoms with Crippen molar-refractivity contribution in [2.75, 3.05) is 7.11 Å². The van der Waals surface area contributed by atoms with Gasteiger partial charge in [-0.1, -0.05) is 114 Å². The van der Waals surface area contributed by atoms with Gasteiger partial charge in [0, 0.05) is 18.9 Å². The van der Waals surface area contributed by atoms with Gasteiger partial charge in [-0.2, -0.15) is 0 Å². The van der Waals surface area contributed by atoms with Crippen molar-refractivity contribution in [2.45, 2.75) is 15.9 Å². The van der Waals surface area contributed by atoms with E-state index in [4.69, 9.17) is 27.9 Å². The van der Waals surface area contributed by atoms with E-state index in [0.29, 0.717) is 0 Å². The van der Waals surface area contributed by atoms with Crippen LogP contribution >= 0.6 is 23.2 Å². The van der Waals surface area contributed by atoms with Crippen LogP contribution in [-0.2, 0) is 10.3 Å². The first-order valence-electron chi connectivity index (χ1n) is 8.71. The van der Waals surface area contributed by atoms with E-state index >= 15 is 0 Å². The molecule has 0 aliphatic heterocycles. The highest BCUT2D eigenvalue weighted by Gasteiger charge is 2.80. The minimum absolute atomic E-state index is 0.0348. The first-order valence-corrected chi connectivity index (χ1v) is 9.47. The van der Waals surface area contributed by atoms with Gasteiger partial charge < -0.3 is 4.74 Å². The fourth-order valence-electron chi connectivity index (χ4n) is 4.19. The molecule has 1 aliphatic carbocycles. The molecule has 1 nitrogen and oxygen atoms in total. The second kappa shape index (κ2) is 6.74. The van der Waals surface area contributed by atoms with Gasteiger partial charge in [-0.3, -0.25) is 0 Å². The highest BCUT2D eigenvalue weighted by molar-refractivity contribution is 6.52. The Morgan fingerprint density at radius 2 is 1.15 bits per heavy atom. The standard InChI is InChI=1S/C23H20Cl2O/c1-26-22(19-15-9-4-10-16-19)21(23(22,24)25)20(17-11-5-2-6-12-17)18-13-7-3-8-14-18/h2-16,20-21H,1H3. The lowest BCUT2D eigenvalue weighted by Gasteiger charge is -2.22. The van der Waals surface area contributed by atoms with Crippen molar-refractivity contribution < 1.29 is 4.74 Å². The summed E-state index contributed by atoms with van der Waals surface area (Å²) in [4.78, 5) is 0. The van der Waals surface area contributed by atoms with E-state index in [2.05, 4.69) is 48.5 Å². The number of benzene rings is 3. The summed E-state index contributed by atoms with van der Waals surface area (Å²) in [6, 6.07) is 30.8. The molecule has 2 unspecified atom stereocenters. The third kappa shape index (κ3) is 2.58. The van der Waals surface area contributed by atoms with Crippen molar-refractivity contribution in [1.29, 1.82) is 0 Å². The van der Waals surface area contributed by atoms with E-state index in [1.165, 1.54) is 11.1 Å². The van der Waals surface area contributed by atoms with Gasteiger partial charge in [0.05, 0.1) is 0 Å². The summed E-state index contributed by atoms with van der Waals surface area (Å²) in [5, 5.41) is 0. The number of rotatable bonds is 5. The molecule has 0 heterocycles. The monoisotopic (exact) mass is 382 g/mol. The van der Waals surface area contributed by atoms with Gasteiger partial charge in [0.25, 0.3) is 0 Å². The summed E-state index contributed by atoms with van der Waals surface area (Å²) < 4.78 is 5.01. The summed E-state index contributed by atoms with van der Waals surface area (Å²) in [6.45, 7) is 0. The van der Waals surface area contributed by atoms with Gasteiger partial charge in [-0.15, -0.1) is 0 Å². The lowest BCUT2D eigenvalue weighted by atomic mass is 9.84. The molecule has 3 aromatic carbocycles. The smallest absolute Gasteiger partial charge is 0.158 e. The number of hydrogen-bond donors (Lipinski definition) is 0. The maximum atomic E-state index is 6.90. The molecule has 1 aliphatic rings. The van der Waals surface area contributed by atoms with Gasteiger partial charge >= 0.3 is 0 Å². The quantitative estimate of drug-likeness (QED) is 0.479. The zero-order valence-electron chi connectivity index (χ0n) is 14.5. The first-order chi connectivity index (χ1) is 12.6. The topological polar surface area (TPSA) is 9.23 Å². The Morgan fingerprint density at radius 3 is 1.58 bits per heavy atom. The van der Waals surface area contributed by atoms with Gasteiger partial charge in [-0.25, -0.2) is 0 Å². The molecule has 0 saturated heterocycles. The van der Waals surface area contributed by atoms with Crippen LogP contribution in [0.4, 0.5) is 0 Å². The number of halogens is 2. The highest BCUT2D eigenvalue weighted by atomic mass is 35.5. The number of methoxy groups -OCH3 is 1. The van der Waals surface area contributed by atoms with Crippen LogP contribution in [0.5, 0.6) is 0 Å². The van der Waals surface area contributed by atoms with Crippen LogP contribution in [0.2, 0.25) is 0 Å². The minimum Gasteiger partial charge on any atom is -0.370 e. The van der Waals surface area contributed by atoms with Crippen molar-refractivity contribution in [3.63, 3.8) is 0 Å². The van der Waals surface area contributed by atoms with Crippen LogP contribution in [0.25, 0.3) is 0 Å². The molecule has 0 bridgehead atoms. The van der Waals surface area contributed by atoms with E-state index in [-0.39, 0.29) is 11.8 Å². The molecule has 3 heteroatoms. The van der Waals surface area contributed by atoms with Gasteiger partial charge in [0.1, 0.15) is 5.60 Å². The van der Waals surface area contributed by atoms with E-state index in [0.717, 1.165) is 5.56 Å². The molecular formula is C23H20Cl2O. The van der Waals surface area contributed by atoms with Gasteiger partial charge in [-0.05, 0) is 16.7 Å². The molecular weight excluding hydrogens is 363 g/mol. The van der Waals surface area contributed by atoms with E-state index in [1.54, 1.807) is 7.11 Å². The van der Waals surface area contributed by atoms with Crippen LogP contribution in [0.1, 0.15) is 22.6 Å². The molecule has 3 aromatic rings. The van der Waals surface area contributed by atoms with Crippen LogP contribution in [0.15, 0.2) is 91.0 Å². The van der Waals surface area contributed by atoms with Crippen LogP contribution in [0, 0.1) is 5.92 Å². The van der Waals surface area contributed by atoms with Crippen molar-refractivity contribution in [2.24, 2.45) is 5.92 Å². The normalized spacial score (nSPS) is 23.8. The Hall–Kier alpha value is -1.80. The van der Waals surface area contributed by atoms with Crippen molar-refractivity contribution in [3.8, 4) is 0 Å². The second-order valence-corrected chi connectivity index (χ2v) is 8.09. The fraction of sp³-hybridized carbons (Fsp3) is 0.217. The first kappa shape index (κ1) is 17.6. The Morgan fingerprint density at radius 1 is 0.731 bits per heavy atom. The van der Waals surface area contributed by atoms with E-state index in [9.17, 15) is 0 Å². The fourth-order valence-corrected chi connectivity index (χ4v) is 5.24. The molecule has 0 spiro atoms. The lowest BCUT2D eigenvalue weighted by molar-refractivity contribution is 0.0591. The molecule has 26 heavy (non-hydrogen) atoms. The van der Waals surface area contributed by atoms with Crippen molar-refractivity contribution in [3.05, 3.63) is 108 Å². The Balaban J connectivity index is 1.87. The molecule has 0 radical (unpaired) electrons. The van der Waals surface area contributed by atoms with E-state index < -0.39 is 9.93 Å². The molecule has 1 fully saturated rings. The molecule has 0 amide bonds. The summed E-state index contributed by atoms with van der Waals surface area (Å²) in [7, 11) is 1.69. The molecule has 0 N–H and O–H groups in total. The Bertz CT molecular complexity index is 825. The zero-order valence-corrected chi connectivity index (χ0v) is 16.0. The van der Waals surface area contributed by atoms with Gasteiger partial charge in [0.2, 0.25) is 0 Å². The van der Waals surface area contributed by atoms with Crippen LogP contribution in [-0.4, -0.2) is 11.4 Å². The number of hydrogen-bond acceptors (Lipinski definition) is 1. The van der Waals surface area contributed by atoms with Crippen LogP contribution < -0.4 is 0 Å². The van der Waals surface area contributed by atoms with Gasteiger partial charge in [0.15, 0.2) is 4.33 Å². The second-order valence-electron chi connectivity index (χ2n) is 6.71. The van der Waals surface area contributed by atoms with Crippen molar-refractivity contribution >= 4 is 23.2 Å². The molecule has 1 saturated carbocycles. The third-order valence-corrected chi connectivity index (χ3v) is 6.45. The number of ether oxygens (including phenoxy) is 1. The third-order valence-electron chi connectivity index (χ3n) is 5.42. The average molecular weight is 383 g/mol. The maximum Gasteiger partial charge on any atom is 0.158 e. The lowest BCUT2D eigenvalue weighted by Crippen LogP contribution is -2.19. The zero-order chi connectivity index (χ0) is 18.2. The predicted octanol–water partition coefficient (Wildman–Crippen LogP) is 6.16. The molecule has 132 valence electrons. The SMILES string of the molecule is COC1(c2ccccc2)C(C(c2ccccc2)c2ccccc2)C1(Cl)Cl. The summed E-state index contributed by atoms with van der Waals surface area (Å²) in [6.07, 6.45) is 0. The minimum atomic E-state index is -1.01.